The fourth-order valence-corrected chi connectivity index (χ4v) is 5.52. The Bertz CT molecular complexity index is 1190. The quantitative estimate of drug-likeness (QED) is 0.287. The zero-order valence-electron chi connectivity index (χ0n) is 14.4. The molecular weight excluding hydrogens is 427 g/mol. The van der Waals surface area contributed by atoms with Gasteiger partial charge in [0.1, 0.15) is 10.0 Å². The van der Waals surface area contributed by atoms with Crippen LogP contribution in [0.25, 0.3) is 32.1 Å². The highest BCUT2D eigenvalue weighted by Crippen LogP contribution is 2.38. The van der Waals surface area contributed by atoms with Gasteiger partial charge in [-0.1, -0.05) is 53.5 Å². The molecule has 3 aromatic carbocycles. The number of aromatic nitrogens is 2. The predicted molar refractivity (Wildman–Crippen MR) is 123 cm³/mol. The van der Waals surface area contributed by atoms with Gasteiger partial charge in [-0.3, -0.25) is 0 Å². The third-order valence-electron chi connectivity index (χ3n) is 4.34. The Kier molecular flexibility index (Phi) is 4.65. The number of hydrogen-bond donors (Lipinski definition) is 0. The number of hydrogen-bond acceptors (Lipinski definition) is 4. The van der Waals surface area contributed by atoms with Crippen LogP contribution in [0.4, 0.5) is 0 Å². The van der Waals surface area contributed by atoms with E-state index in [-0.39, 0.29) is 0 Å². The summed E-state index contributed by atoms with van der Waals surface area (Å²) in [6.07, 6.45) is 2.00. The molecule has 0 bridgehead atoms. The van der Waals surface area contributed by atoms with Gasteiger partial charge in [0.15, 0.2) is 0 Å². The van der Waals surface area contributed by atoms with E-state index in [0.29, 0.717) is 10.0 Å². The SMILES string of the molecule is Clc1cccc(Cl)c1C=C(c1nc2ccccc2s1)c1nc2ccccc2s1. The van der Waals surface area contributed by atoms with Crippen LogP contribution in [0.3, 0.4) is 0 Å². The van der Waals surface area contributed by atoms with Crippen molar-refractivity contribution < 1.29 is 0 Å². The largest absolute Gasteiger partial charge is 0.236 e. The standard InChI is InChI=1S/C22H12Cl2N2S2/c23-15-6-5-7-16(24)13(15)12-14(21-25-17-8-1-3-10-19(17)27-21)22-26-18-9-2-4-11-20(18)28-22/h1-12H. The minimum Gasteiger partial charge on any atom is -0.236 e. The van der Waals surface area contributed by atoms with Gasteiger partial charge >= 0.3 is 0 Å². The lowest BCUT2D eigenvalue weighted by Crippen LogP contribution is -1.88. The van der Waals surface area contributed by atoms with Crippen LogP contribution in [-0.2, 0) is 0 Å². The summed E-state index contributed by atoms with van der Waals surface area (Å²) in [6, 6.07) is 21.8. The molecule has 0 unspecified atom stereocenters. The highest BCUT2D eigenvalue weighted by molar-refractivity contribution is 7.22. The average molecular weight is 439 g/mol. The first-order chi connectivity index (χ1) is 13.7. The molecule has 2 nitrogen and oxygen atoms in total. The molecule has 0 atom stereocenters. The number of halogens is 2. The minimum absolute atomic E-state index is 0.604. The van der Waals surface area contributed by atoms with Crippen LogP contribution in [-0.4, -0.2) is 9.97 Å². The fourth-order valence-electron chi connectivity index (χ4n) is 2.98. The van der Waals surface area contributed by atoms with Gasteiger partial charge < -0.3 is 0 Å². The summed E-state index contributed by atoms with van der Waals surface area (Å²) in [7, 11) is 0. The highest BCUT2D eigenvalue weighted by atomic mass is 35.5. The van der Waals surface area contributed by atoms with Gasteiger partial charge in [0, 0.05) is 21.2 Å². The molecule has 5 rings (SSSR count). The summed E-state index contributed by atoms with van der Waals surface area (Å²) < 4.78 is 2.27. The zero-order valence-corrected chi connectivity index (χ0v) is 17.5. The van der Waals surface area contributed by atoms with Crippen molar-refractivity contribution in [1.29, 1.82) is 0 Å². The first kappa shape index (κ1) is 17.8. The molecule has 0 spiro atoms. The molecule has 28 heavy (non-hydrogen) atoms. The van der Waals surface area contributed by atoms with E-state index < -0.39 is 0 Å². The number of thiazole rings is 2. The van der Waals surface area contributed by atoms with E-state index in [2.05, 4.69) is 12.1 Å². The van der Waals surface area contributed by atoms with Crippen LogP contribution >= 0.6 is 45.9 Å². The van der Waals surface area contributed by atoms with E-state index in [4.69, 9.17) is 33.2 Å². The van der Waals surface area contributed by atoms with E-state index in [1.165, 1.54) is 0 Å². The van der Waals surface area contributed by atoms with E-state index in [1.807, 2.05) is 60.7 Å². The monoisotopic (exact) mass is 438 g/mol. The Hall–Kier alpha value is -2.24. The van der Waals surface area contributed by atoms with Gasteiger partial charge in [0.25, 0.3) is 0 Å². The van der Waals surface area contributed by atoms with Gasteiger partial charge in [0.2, 0.25) is 0 Å². The van der Waals surface area contributed by atoms with Crippen LogP contribution in [0, 0.1) is 0 Å². The summed E-state index contributed by atoms with van der Waals surface area (Å²) in [4.78, 5) is 9.69. The van der Waals surface area contributed by atoms with Crippen LogP contribution < -0.4 is 0 Å². The number of para-hydroxylation sites is 2. The average Bonchev–Trinajstić information content (AvgIpc) is 3.31. The summed E-state index contributed by atoms with van der Waals surface area (Å²) in [5.41, 5.74) is 3.65. The zero-order chi connectivity index (χ0) is 19.1. The van der Waals surface area contributed by atoms with E-state index in [1.54, 1.807) is 22.7 Å². The molecule has 6 heteroatoms. The highest BCUT2D eigenvalue weighted by Gasteiger charge is 2.17. The third kappa shape index (κ3) is 3.23. The van der Waals surface area contributed by atoms with Crippen LogP contribution in [0.2, 0.25) is 10.0 Å². The molecule has 2 heterocycles. The summed E-state index contributed by atoms with van der Waals surface area (Å²) in [6.45, 7) is 0. The number of rotatable bonds is 3. The lowest BCUT2D eigenvalue weighted by Gasteiger charge is -2.05. The molecule has 136 valence electrons. The van der Waals surface area contributed by atoms with Gasteiger partial charge in [-0.15, -0.1) is 22.7 Å². The number of benzene rings is 3. The maximum absolute atomic E-state index is 6.44. The molecule has 0 aliphatic rings. The second-order valence-electron chi connectivity index (χ2n) is 6.17. The van der Waals surface area contributed by atoms with Crippen LogP contribution in [0.5, 0.6) is 0 Å². The smallest absolute Gasteiger partial charge is 0.127 e. The van der Waals surface area contributed by atoms with Crippen molar-refractivity contribution in [2.24, 2.45) is 0 Å². The van der Waals surface area contributed by atoms with Crippen LogP contribution in [0.1, 0.15) is 15.6 Å². The van der Waals surface area contributed by atoms with Gasteiger partial charge in [-0.2, -0.15) is 0 Å². The maximum Gasteiger partial charge on any atom is 0.127 e. The molecule has 0 saturated carbocycles. The van der Waals surface area contributed by atoms with Crippen molar-refractivity contribution in [3.8, 4) is 0 Å². The van der Waals surface area contributed by atoms with Crippen molar-refractivity contribution in [3.05, 3.63) is 92.4 Å². The number of fused-ring (bicyclic) bond motifs is 2. The predicted octanol–water partition coefficient (Wildman–Crippen LogP) is 7.80. The Morgan fingerprint density at radius 1 is 0.679 bits per heavy atom. The second-order valence-corrected chi connectivity index (χ2v) is 9.04. The maximum atomic E-state index is 6.44. The molecule has 0 aliphatic carbocycles. The van der Waals surface area contributed by atoms with Crippen molar-refractivity contribution in [2.75, 3.05) is 0 Å². The third-order valence-corrected chi connectivity index (χ3v) is 7.14. The second kappa shape index (κ2) is 7.30. The van der Waals surface area contributed by atoms with Gasteiger partial charge in [-0.25, -0.2) is 9.97 Å². The van der Waals surface area contributed by atoms with Gasteiger partial charge in [0.05, 0.1) is 20.4 Å². The Morgan fingerprint density at radius 2 is 1.18 bits per heavy atom. The van der Waals surface area contributed by atoms with Crippen LogP contribution in [0.15, 0.2) is 66.7 Å². The topological polar surface area (TPSA) is 25.8 Å². The van der Waals surface area contributed by atoms with E-state index >= 15 is 0 Å². The molecule has 0 radical (unpaired) electrons. The molecule has 0 amide bonds. The van der Waals surface area contributed by atoms with E-state index in [0.717, 1.165) is 41.6 Å². The van der Waals surface area contributed by atoms with E-state index in [9.17, 15) is 0 Å². The van der Waals surface area contributed by atoms with Crippen molar-refractivity contribution in [1.82, 2.24) is 9.97 Å². The summed E-state index contributed by atoms with van der Waals surface area (Å²) in [5, 5.41) is 3.01. The Labute approximate surface area is 179 Å². The molecule has 5 aromatic rings. The van der Waals surface area contributed by atoms with Crippen molar-refractivity contribution in [2.45, 2.75) is 0 Å². The fraction of sp³-hybridized carbons (Fsp3) is 0. The number of nitrogens with zero attached hydrogens (tertiary/aromatic N) is 2. The molecule has 0 saturated heterocycles. The first-order valence-electron chi connectivity index (χ1n) is 8.56. The Balaban J connectivity index is 1.77. The molecule has 2 aromatic heterocycles. The molecule has 0 aliphatic heterocycles. The van der Waals surface area contributed by atoms with Crippen molar-refractivity contribution in [3.63, 3.8) is 0 Å². The Morgan fingerprint density at radius 3 is 1.68 bits per heavy atom. The minimum atomic E-state index is 0.604. The molecular formula is C22H12Cl2N2S2. The van der Waals surface area contributed by atoms with Crippen molar-refractivity contribution >= 4 is 78.0 Å². The molecule has 0 fully saturated rings. The first-order valence-corrected chi connectivity index (χ1v) is 11.0. The lowest BCUT2D eigenvalue weighted by atomic mass is 10.1. The molecule has 0 N–H and O–H groups in total. The summed E-state index contributed by atoms with van der Waals surface area (Å²) in [5.74, 6) is 0. The van der Waals surface area contributed by atoms with Gasteiger partial charge in [-0.05, 0) is 42.5 Å². The lowest BCUT2D eigenvalue weighted by molar-refractivity contribution is 1.39. The normalized spacial score (nSPS) is 11.2. The summed E-state index contributed by atoms with van der Waals surface area (Å²) >= 11 is 16.2.